The van der Waals surface area contributed by atoms with Gasteiger partial charge < -0.3 is 4.90 Å². The Labute approximate surface area is 163 Å². The van der Waals surface area contributed by atoms with Gasteiger partial charge in [0.2, 0.25) is 5.91 Å². The molecule has 2 aliphatic rings. The normalized spacial score (nSPS) is 19.5. The smallest absolute Gasteiger partial charge is 0.244 e. The number of amides is 1. The van der Waals surface area contributed by atoms with Crippen LogP contribution < -0.4 is 0 Å². The molecule has 27 heavy (non-hydrogen) atoms. The summed E-state index contributed by atoms with van der Waals surface area (Å²) in [4.78, 5) is 21.0. The third-order valence-corrected chi connectivity index (χ3v) is 6.22. The highest BCUT2D eigenvalue weighted by atomic mass is 32.1. The topological polar surface area (TPSA) is 70.4 Å². The molecule has 0 radical (unpaired) electrons. The molecule has 0 aliphatic carbocycles. The average molecular weight is 390 g/mol. The Bertz CT molecular complexity index is 726. The Morgan fingerprint density at radius 3 is 2.63 bits per heavy atom. The molecule has 0 spiro atoms. The first-order valence-electron chi connectivity index (χ1n) is 9.78. The lowest BCUT2D eigenvalue weighted by Gasteiger charge is -2.22. The summed E-state index contributed by atoms with van der Waals surface area (Å²) in [5, 5.41) is 14.1. The molecule has 8 nitrogen and oxygen atoms in total. The maximum absolute atomic E-state index is 12.8. The molecule has 0 aromatic carbocycles. The van der Waals surface area contributed by atoms with Crippen LogP contribution in [0.4, 0.5) is 0 Å². The Hall–Kier alpha value is -1.84. The van der Waals surface area contributed by atoms with Gasteiger partial charge in [-0.1, -0.05) is 6.07 Å². The molecule has 1 amide bonds. The summed E-state index contributed by atoms with van der Waals surface area (Å²) in [6.07, 6.45) is 3.47. The number of tetrazole rings is 1. The molecule has 0 atom stereocenters. The van der Waals surface area contributed by atoms with E-state index in [9.17, 15) is 4.79 Å². The number of aromatic nitrogens is 4. The second-order valence-corrected chi connectivity index (χ2v) is 8.36. The number of carbonyl (C=O) groups excluding carboxylic acids is 1. The van der Waals surface area contributed by atoms with Gasteiger partial charge in [-0.25, -0.2) is 4.68 Å². The van der Waals surface area contributed by atoms with Gasteiger partial charge in [0.05, 0.1) is 6.54 Å². The van der Waals surface area contributed by atoms with Crippen molar-refractivity contribution in [2.45, 2.75) is 38.9 Å². The molecule has 2 aliphatic heterocycles. The van der Waals surface area contributed by atoms with E-state index in [1.807, 2.05) is 4.90 Å². The number of rotatable bonds is 6. The van der Waals surface area contributed by atoms with Crippen LogP contribution in [0.25, 0.3) is 0 Å². The van der Waals surface area contributed by atoms with Gasteiger partial charge >= 0.3 is 0 Å². The molecule has 2 fully saturated rings. The number of thiophene rings is 1. The van der Waals surface area contributed by atoms with Crippen LogP contribution in [-0.2, 0) is 24.4 Å². The standard InChI is InChI=1S/C18H27N7OS/c26-18(15-25-17(19-20-21-25)14-22-6-1-2-7-22)24-9-4-8-23(10-11-24)13-16-5-3-12-27-16/h3,5,12H,1-2,4,6-11,13-15H2. The minimum atomic E-state index is 0.114. The Morgan fingerprint density at radius 2 is 1.81 bits per heavy atom. The van der Waals surface area contributed by atoms with Crippen molar-refractivity contribution >= 4 is 17.2 Å². The van der Waals surface area contributed by atoms with Crippen LogP contribution in [0.3, 0.4) is 0 Å². The maximum Gasteiger partial charge on any atom is 0.244 e. The Kier molecular flexibility index (Phi) is 6.10. The number of nitrogens with zero attached hydrogens (tertiary/aromatic N) is 7. The lowest BCUT2D eigenvalue weighted by atomic mass is 10.3. The van der Waals surface area contributed by atoms with Gasteiger partial charge in [0.15, 0.2) is 5.82 Å². The number of hydrogen-bond donors (Lipinski definition) is 0. The SMILES string of the molecule is O=C(Cn1nnnc1CN1CCCC1)N1CCCN(Cc2cccs2)CC1. The van der Waals surface area contributed by atoms with Gasteiger partial charge in [-0.15, -0.1) is 16.4 Å². The molecule has 4 rings (SSSR count). The minimum absolute atomic E-state index is 0.114. The van der Waals surface area contributed by atoms with E-state index in [4.69, 9.17) is 0 Å². The van der Waals surface area contributed by atoms with E-state index < -0.39 is 0 Å². The predicted octanol–water partition coefficient (Wildman–Crippen LogP) is 1.06. The molecule has 2 saturated heterocycles. The largest absolute Gasteiger partial charge is 0.340 e. The van der Waals surface area contributed by atoms with Gasteiger partial charge in [-0.2, -0.15) is 0 Å². The lowest BCUT2D eigenvalue weighted by Crippen LogP contribution is -2.37. The van der Waals surface area contributed by atoms with Crippen LogP contribution in [0.5, 0.6) is 0 Å². The summed E-state index contributed by atoms with van der Waals surface area (Å²) in [6, 6.07) is 4.28. The molecule has 9 heteroatoms. The van der Waals surface area contributed by atoms with Crippen molar-refractivity contribution in [3.63, 3.8) is 0 Å². The maximum atomic E-state index is 12.8. The van der Waals surface area contributed by atoms with Crippen LogP contribution >= 0.6 is 11.3 Å². The summed E-state index contributed by atoms with van der Waals surface area (Å²) >= 11 is 1.80. The first kappa shape index (κ1) is 18.5. The number of carbonyl (C=O) groups is 1. The fourth-order valence-electron chi connectivity index (χ4n) is 3.83. The van der Waals surface area contributed by atoms with Gasteiger partial charge in [0.1, 0.15) is 6.54 Å². The van der Waals surface area contributed by atoms with Crippen molar-refractivity contribution in [1.29, 1.82) is 0 Å². The van der Waals surface area contributed by atoms with E-state index >= 15 is 0 Å². The molecular formula is C18H27N7OS. The molecule has 0 saturated carbocycles. The molecule has 0 unspecified atom stereocenters. The van der Waals surface area contributed by atoms with E-state index in [1.165, 1.54) is 17.7 Å². The third kappa shape index (κ3) is 4.91. The second kappa shape index (κ2) is 8.90. The molecule has 146 valence electrons. The molecule has 0 N–H and O–H groups in total. The van der Waals surface area contributed by atoms with Gasteiger partial charge in [0, 0.05) is 37.6 Å². The van der Waals surface area contributed by atoms with Crippen LogP contribution in [-0.4, -0.2) is 80.1 Å². The van der Waals surface area contributed by atoms with Gasteiger partial charge in [0.25, 0.3) is 0 Å². The minimum Gasteiger partial charge on any atom is -0.340 e. The summed E-state index contributed by atoms with van der Waals surface area (Å²) in [5.41, 5.74) is 0. The zero-order valence-corrected chi connectivity index (χ0v) is 16.5. The fraction of sp³-hybridized carbons (Fsp3) is 0.667. The van der Waals surface area contributed by atoms with Crippen molar-refractivity contribution in [3.8, 4) is 0 Å². The summed E-state index contributed by atoms with van der Waals surface area (Å²) in [5.74, 6) is 0.905. The van der Waals surface area contributed by atoms with Crippen LogP contribution in [0.15, 0.2) is 17.5 Å². The van der Waals surface area contributed by atoms with Crippen LogP contribution in [0, 0.1) is 0 Å². The highest BCUT2D eigenvalue weighted by molar-refractivity contribution is 7.09. The quantitative estimate of drug-likeness (QED) is 0.736. The highest BCUT2D eigenvalue weighted by Gasteiger charge is 2.22. The van der Waals surface area contributed by atoms with E-state index in [-0.39, 0.29) is 12.5 Å². The molecule has 2 aromatic rings. The van der Waals surface area contributed by atoms with E-state index in [0.29, 0.717) is 0 Å². The van der Waals surface area contributed by atoms with Gasteiger partial charge in [-0.3, -0.25) is 14.6 Å². The van der Waals surface area contributed by atoms with Crippen molar-refractivity contribution in [2.24, 2.45) is 0 Å². The molecule has 4 heterocycles. The summed E-state index contributed by atoms with van der Waals surface area (Å²) in [6.45, 7) is 7.66. The van der Waals surface area contributed by atoms with Crippen molar-refractivity contribution in [3.05, 3.63) is 28.2 Å². The van der Waals surface area contributed by atoms with Gasteiger partial charge in [-0.05, 0) is 54.2 Å². The third-order valence-electron chi connectivity index (χ3n) is 5.36. The summed E-state index contributed by atoms with van der Waals surface area (Å²) < 4.78 is 1.68. The Morgan fingerprint density at radius 1 is 1.00 bits per heavy atom. The predicted molar refractivity (Wildman–Crippen MR) is 103 cm³/mol. The van der Waals surface area contributed by atoms with Crippen molar-refractivity contribution in [2.75, 3.05) is 39.3 Å². The molecule has 0 bridgehead atoms. The van der Waals surface area contributed by atoms with E-state index in [0.717, 1.165) is 64.6 Å². The zero-order chi connectivity index (χ0) is 18.5. The summed E-state index contributed by atoms with van der Waals surface area (Å²) in [7, 11) is 0. The Balaban J connectivity index is 1.30. The first-order valence-corrected chi connectivity index (χ1v) is 10.7. The molecular weight excluding hydrogens is 362 g/mol. The van der Waals surface area contributed by atoms with Crippen molar-refractivity contribution in [1.82, 2.24) is 34.9 Å². The van der Waals surface area contributed by atoms with E-state index in [1.54, 1.807) is 16.0 Å². The van der Waals surface area contributed by atoms with Crippen molar-refractivity contribution < 1.29 is 4.79 Å². The molecule has 2 aromatic heterocycles. The average Bonchev–Trinajstić information content (AvgIpc) is 3.40. The zero-order valence-electron chi connectivity index (χ0n) is 15.7. The van der Waals surface area contributed by atoms with E-state index in [2.05, 4.69) is 42.8 Å². The van der Waals surface area contributed by atoms with Crippen LogP contribution in [0.2, 0.25) is 0 Å². The first-order chi connectivity index (χ1) is 13.3. The number of hydrogen-bond acceptors (Lipinski definition) is 7. The van der Waals surface area contributed by atoms with Crippen LogP contribution in [0.1, 0.15) is 30.0 Å². The highest BCUT2D eigenvalue weighted by Crippen LogP contribution is 2.14. The lowest BCUT2D eigenvalue weighted by molar-refractivity contribution is -0.132. The second-order valence-electron chi connectivity index (χ2n) is 7.33. The fourth-order valence-corrected chi connectivity index (χ4v) is 4.58. The number of likely N-dealkylation sites (tertiary alicyclic amines) is 1. The monoisotopic (exact) mass is 389 g/mol.